The van der Waals surface area contributed by atoms with Gasteiger partial charge in [0, 0.05) is 12.0 Å². The Bertz CT molecular complexity index is 554. The lowest BCUT2D eigenvalue weighted by molar-refractivity contribution is -0.162. The molecule has 1 aliphatic heterocycles. The molecule has 8 heteroatoms. The molecule has 2 N–H and O–H groups in total. The molecule has 1 unspecified atom stereocenters. The minimum atomic E-state index is -0.719. The number of fused-ring (bicyclic) bond motifs is 1. The highest BCUT2D eigenvalue weighted by Gasteiger charge is 2.54. The topological polar surface area (TPSA) is 95.1 Å². The molecule has 0 aromatic rings. The predicted octanol–water partition coefficient (Wildman–Crippen LogP) is 1.70. The summed E-state index contributed by atoms with van der Waals surface area (Å²) in [5, 5.41) is 5.05. The van der Waals surface area contributed by atoms with Crippen molar-refractivity contribution in [3.05, 3.63) is 12.3 Å². The van der Waals surface area contributed by atoms with E-state index in [1.165, 1.54) is 13.4 Å². The molecule has 0 spiro atoms. The Kier molecular flexibility index (Phi) is 6.31. The van der Waals surface area contributed by atoms with E-state index in [9.17, 15) is 9.59 Å². The molecular weight excluding hydrogens is 340 g/mol. The largest absolute Gasteiger partial charge is 0.504 e. The average molecular weight is 370 g/mol. The van der Waals surface area contributed by atoms with Crippen molar-refractivity contribution in [2.24, 2.45) is 5.92 Å². The van der Waals surface area contributed by atoms with Crippen LogP contribution in [0.3, 0.4) is 0 Å². The van der Waals surface area contributed by atoms with Crippen molar-refractivity contribution in [2.75, 3.05) is 13.7 Å². The van der Waals surface area contributed by atoms with Crippen LogP contribution in [-0.4, -0.2) is 55.3 Å². The van der Waals surface area contributed by atoms with Crippen LogP contribution in [-0.2, 0) is 23.7 Å². The van der Waals surface area contributed by atoms with Crippen molar-refractivity contribution in [1.82, 2.24) is 10.6 Å². The molecule has 1 aliphatic carbocycles. The molecule has 4 atom stereocenters. The van der Waals surface area contributed by atoms with Crippen LogP contribution in [0.5, 0.6) is 0 Å². The zero-order valence-corrected chi connectivity index (χ0v) is 16.3. The zero-order valence-electron chi connectivity index (χ0n) is 16.3. The first-order valence-corrected chi connectivity index (χ1v) is 8.81. The van der Waals surface area contributed by atoms with Gasteiger partial charge < -0.3 is 24.3 Å². The fraction of sp³-hybridized carbons (Fsp3) is 0.778. The van der Waals surface area contributed by atoms with Crippen molar-refractivity contribution in [1.29, 1.82) is 0 Å². The first-order valence-electron chi connectivity index (χ1n) is 8.81. The van der Waals surface area contributed by atoms with Crippen LogP contribution >= 0.6 is 0 Å². The molecule has 3 amide bonds. The summed E-state index contributed by atoms with van der Waals surface area (Å²) in [5.74, 6) is -1.19. The summed E-state index contributed by atoms with van der Waals surface area (Å²) in [6, 6.07) is -0.847. The van der Waals surface area contributed by atoms with Gasteiger partial charge in [-0.25, -0.2) is 4.79 Å². The highest BCUT2D eigenvalue weighted by atomic mass is 16.8. The van der Waals surface area contributed by atoms with Gasteiger partial charge in [0.15, 0.2) is 5.79 Å². The Morgan fingerprint density at radius 1 is 1.23 bits per heavy atom. The maximum atomic E-state index is 12.1. The monoisotopic (exact) mass is 370 g/mol. The summed E-state index contributed by atoms with van der Waals surface area (Å²) >= 11 is 0. The SMILES string of the molecule is CO/C=C/C(=O)NC(=O)N[C@@H]1C[C@H](COC(C)(C)C)[C@@H]2OC(C)(C)OC21. The fourth-order valence-corrected chi connectivity index (χ4v) is 3.24. The molecule has 2 fully saturated rings. The van der Waals surface area contributed by atoms with Gasteiger partial charge in [0.05, 0.1) is 37.7 Å². The van der Waals surface area contributed by atoms with E-state index in [-0.39, 0.29) is 29.8 Å². The first kappa shape index (κ1) is 20.7. The van der Waals surface area contributed by atoms with Crippen molar-refractivity contribution >= 4 is 11.9 Å². The number of urea groups is 1. The van der Waals surface area contributed by atoms with Gasteiger partial charge in [0.1, 0.15) is 6.10 Å². The van der Waals surface area contributed by atoms with E-state index in [4.69, 9.17) is 14.2 Å². The summed E-state index contributed by atoms with van der Waals surface area (Å²) in [6.07, 6.45) is 2.53. The number of hydrogen-bond donors (Lipinski definition) is 2. The summed E-state index contributed by atoms with van der Waals surface area (Å²) in [5.41, 5.74) is -0.256. The quantitative estimate of drug-likeness (QED) is 0.565. The average Bonchev–Trinajstić information content (AvgIpc) is 2.96. The van der Waals surface area contributed by atoms with Gasteiger partial charge >= 0.3 is 6.03 Å². The summed E-state index contributed by atoms with van der Waals surface area (Å²) < 4.78 is 22.6. The predicted molar refractivity (Wildman–Crippen MR) is 94.2 cm³/mol. The van der Waals surface area contributed by atoms with Crippen molar-refractivity contribution in [3.63, 3.8) is 0 Å². The van der Waals surface area contributed by atoms with Crippen molar-refractivity contribution in [2.45, 2.75) is 70.7 Å². The number of ether oxygens (including phenoxy) is 4. The number of amides is 3. The minimum Gasteiger partial charge on any atom is -0.504 e. The second kappa shape index (κ2) is 7.94. The van der Waals surface area contributed by atoms with E-state index in [2.05, 4.69) is 15.4 Å². The van der Waals surface area contributed by atoms with Gasteiger partial charge in [-0.1, -0.05) is 0 Å². The Hall–Kier alpha value is -1.64. The maximum absolute atomic E-state index is 12.1. The highest BCUT2D eigenvalue weighted by Crippen LogP contribution is 2.42. The molecular formula is C18H30N2O6. The van der Waals surface area contributed by atoms with Crippen LogP contribution < -0.4 is 10.6 Å². The van der Waals surface area contributed by atoms with Crippen molar-refractivity contribution < 1.29 is 28.5 Å². The molecule has 8 nitrogen and oxygen atoms in total. The molecule has 1 saturated heterocycles. The fourth-order valence-electron chi connectivity index (χ4n) is 3.24. The van der Waals surface area contributed by atoms with E-state index < -0.39 is 17.7 Å². The van der Waals surface area contributed by atoms with Crippen LogP contribution in [0.2, 0.25) is 0 Å². The molecule has 148 valence electrons. The summed E-state index contributed by atoms with van der Waals surface area (Å²) in [7, 11) is 1.42. The number of rotatable bonds is 5. The van der Waals surface area contributed by atoms with Gasteiger partial charge in [-0.05, 0) is 41.0 Å². The number of nitrogens with one attached hydrogen (secondary N) is 2. The van der Waals surface area contributed by atoms with Gasteiger partial charge in [0.25, 0.3) is 5.91 Å². The second-order valence-corrected chi connectivity index (χ2v) is 8.09. The minimum absolute atomic E-state index is 0.0930. The molecule has 0 radical (unpaired) electrons. The Morgan fingerprint density at radius 2 is 1.88 bits per heavy atom. The lowest BCUT2D eigenvalue weighted by Gasteiger charge is -2.26. The molecule has 2 rings (SSSR count). The van der Waals surface area contributed by atoms with Gasteiger partial charge in [-0.2, -0.15) is 0 Å². The summed E-state index contributed by atoms with van der Waals surface area (Å²) in [4.78, 5) is 23.7. The lowest BCUT2D eigenvalue weighted by atomic mass is 10.1. The van der Waals surface area contributed by atoms with Gasteiger partial charge in [0.2, 0.25) is 0 Å². The van der Waals surface area contributed by atoms with Gasteiger partial charge in [-0.3, -0.25) is 10.1 Å². The highest BCUT2D eigenvalue weighted by molar-refractivity contribution is 6.00. The molecule has 26 heavy (non-hydrogen) atoms. The second-order valence-electron chi connectivity index (χ2n) is 8.09. The van der Waals surface area contributed by atoms with Gasteiger partial charge in [-0.15, -0.1) is 0 Å². The molecule has 1 saturated carbocycles. The molecule has 0 aromatic carbocycles. The number of hydrogen-bond acceptors (Lipinski definition) is 6. The first-order chi connectivity index (χ1) is 12.0. The molecule has 0 bridgehead atoms. The third-order valence-electron chi connectivity index (χ3n) is 4.22. The normalized spacial score (nSPS) is 30.2. The van der Waals surface area contributed by atoms with Crippen molar-refractivity contribution in [3.8, 4) is 0 Å². The summed E-state index contributed by atoms with van der Waals surface area (Å²) in [6.45, 7) is 10.2. The number of carbonyl (C=O) groups is 2. The molecule has 0 aromatic heterocycles. The molecule has 2 aliphatic rings. The van der Waals surface area contributed by atoms with E-state index in [1.54, 1.807) is 0 Å². The number of imide groups is 1. The Labute approximate surface area is 154 Å². The van der Waals surface area contributed by atoms with Crippen LogP contribution in [0.4, 0.5) is 4.79 Å². The molecule has 1 heterocycles. The maximum Gasteiger partial charge on any atom is 0.322 e. The number of methoxy groups -OCH3 is 1. The van der Waals surface area contributed by atoms with E-state index >= 15 is 0 Å². The van der Waals surface area contributed by atoms with Crippen LogP contribution in [0.1, 0.15) is 41.0 Å². The smallest absolute Gasteiger partial charge is 0.322 e. The third kappa shape index (κ3) is 5.69. The van der Waals surface area contributed by atoms with E-state index in [1.807, 2.05) is 34.6 Å². The number of carbonyl (C=O) groups excluding carboxylic acids is 2. The van der Waals surface area contributed by atoms with Crippen LogP contribution in [0.25, 0.3) is 0 Å². The Balaban J connectivity index is 1.98. The van der Waals surface area contributed by atoms with E-state index in [0.717, 1.165) is 6.08 Å². The standard InChI is InChI=1S/C18H30N2O6/c1-17(2,3)24-10-11-9-12(15-14(11)25-18(4,5)26-15)19-16(22)20-13(21)7-8-23-6/h7-8,11-12,14-15H,9-10H2,1-6H3,(H2,19,20,21,22)/b8-7+/t11-,12-,14+,15?/m1/s1. The van der Waals surface area contributed by atoms with Crippen LogP contribution in [0, 0.1) is 5.92 Å². The zero-order chi connectivity index (χ0) is 19.5. The Morgan fingerprint density at radius 3 is 2.50 bits per heavy atom. The lowest BCUT2D eigenvalue weighted by Crippen LogP contribution is -2.48. The van der Waals surface area contributed by atoms with Crippen LogP contribution in [0.15, 0.2) is 12.3 Å². The van der Waals surface area contributed by atoms with E-state index in [0.29, 0.717) is 13.0 Å². The third-order valence-corrected chi connectivity index (χ3v) is 4.22.